The van der Waals surface area contributed by atoms with E-state index in [-0.39, 0.29) is 5.56 Å². The molecule has 0 saturated heterocycles. The second kappa shape index (κ2) is 3.14. The number of rotatable bonds is 0. The predicted octanol–water partition coefficient (Wildman–Crippen LogP) is 2.51. The Morgan fingerprint density at radius 3 is 2.85 bits per heavy atom. The molecule has 2 aromatic rings. The van der Waals surface area contributed by atoms with Crippen molar-refractivity contribution in [1.29, 1.82) is 0 Å². The van der Waals surface area contributed by atoms with E-state index < -0.39 is 0 Å². The van der Waals surface area contributed by atoms with Gasteiger partial charge in [0.2, 0.25) is 0 Å². The number of fused-ring (bicyclic) bond motifs is 1. The molecule has 0 atom stereocenters. The Morgan fingerprint density at radius 1 is 1.31 bits per heavy atom. The SMILES string of the molecule is Cc1cccc2ccn(I)c(=O)c12. The van der Waals surface area contributed by atoms with Crippen molar-refractivity contribution >= 4 is 33.6 Å². The number of aryl methyl sites for hydroxylation is 1. The molecular formula is C10H8INO. The highest BCUT2D eigenvalue weighted by molar-refractivity contribution is 14.1. The second-order valence-corrected chi connectivity index (χ2v) is 4.01. The number of hydrogen-bond donors (Lipinski definition) is 0. The van der Waals surface area contributed by atoms with Crippen molar-refractivity contribution in [2.24, 2.45) is 0 Å². The molecule has 1 aromatic heterocycles. The summed E-state index contributed by atoms with van der Waals surface area (Å²) in [6, 6.07) is 7.84. The van der Waals surface area contributed by atoms with Gasteiger partial charge in [-0.15, -0.1) is 0 Å². The van der Waals surface area contributed by atoms with Gasteiger partial charge >= 0.3 is 0 Å². The molecular weight excluding hydrogens is 277 g/mol. The molecule has 2 nitrogen and oxygen atoms in total. The van der Waals surface area contributed by atoms with Gasteiger partial charge in [-0.2, -0.15) is 0 Å². The molecule has 0 fully saturated rings. The summed E-state index contributed by atoms with van der Waals surface area (Å²) in [5, 5.41) is 1.83. The predicted molar refractivity (Wildman–Crippen MR) is 62.4 cm³/mol. The van der Waals surface area contributed by atoms with Crippen LogP contribution in [0.15, 0.2) is 35.3 Å². The van der Waals surface area contributed by atoms with Crippen LogP contribution in [-0.2, 0) is 0 Å². The minimum absolute atomic E-state index is 0.0659. The van der Waals surface area contributed by atoms with Crippen molar-refractivity contribution in [3.63, 3.8) is 0 Å². The number of halogens is 1. The maximum absolute atomic E-state index is 11.7. The minimum Gasteiger partial charge on any atom is -0.268 e. The smallest absolute Gasteiger partial charge is 0.267 e. The molecule has 0 bridgehead atoms. The van der Waals surface area contributed by atoms with Crippen molar-refractivity contribution in [3.05, 3.63) is 46.4 Å². The zero-order valence-corrected chi connectivity index (χ0v) is 9.28. The van der Waals surface area contributed by atoms with Crippen molar-refractivity contribution in [2.75, 3.05) is 0 Å². The fraction of sp³-hybridized carbons (Fsp3) is 0.100. The van der Waals surface area contributed by atoms with E-state index in [9.17, 15) is 4.79 Å². The highest BCUT2D eigenvalue weighted by atomic mass is 127. The van der Waals surface area contributed by atoms with E-state index in [1.54, 1.807) is 8.98 Å². The summed E-state index contributed by atoms with van der Waals surface area (Å²) in [5.41, 5.74) is 1.10. The first-order chi connectivity index (χ1) is 6.20. The molecule has 3 heteroatoms. The molecule has 0 saturated carbocycles. The molecule has 0 amide bonds. The van der Waals surface area contributed by atoms with Gasteiger partial charge in [0.25, 0.3) is 5.56 Å². The van der Waals surface area contributed by atoms with Crippen LogP contribution in [0.1, 0.15) is 5.56 Å². The van der Waals surface area contributed by atoms with Gasteiger partial charge in [0.15, 0.2) is 0 Å². The Balaban J connectivity index is 3.06. The lowest BCUT2D eigenvalue weighted by molar-refractivity contribution is 1.23. The fourth-order valence-electron chi connectivity index (χ4n) is 1.44. The first kappa shape index (κ1) is 8.74. The van der Waals surface area contributed by atoms with Crippen molar-refractivity contribution in [1.82, 2.24) is 2.78 Å². The molecule has 0 aliphatic rings. The minimum atomic E-state index is 0.0659. The summed E-state index contributed by atoms with van der Waals surface area (Å²) >= 11 is 1.99. The zero-order chi connectivity index (χ0) is 9.42. The van der Waals surface area contributed by atoms with Crippen LogP contribution >= 0.6 is 22.9 Å². The lowest BCUT2D eigenvalue weighted by Crippen LogP contribution is -2.11. The molecule has 13 heavy (non-hydrogen) atoms. The van der Waals surface area contributed by atoms with Gasteiger partial charge in [-0.3, -0.25) is 7.58 Å². The average Bonchev–Trinajstić information content (AvgIpc) is 2.12. The Bertz CT molecular complexity index is 516. The van der Waals surface area contributed by atoms with Crippen LogP contribution in [0.2, 0.25) is 0 Å². The maximum Gasteiger partial charge on any atom is 0.267 e. The average molecular weight is 285 g/mol. The van der Waals surface area contributed by atoms with Crippen LogP contribution in [0.4, 0.5) is 0 Å². The van der Waals surface area contributed by atoms with Crippen LogP contribution in [0, 0.1) is 6.92 Å². The Labute approximate surface area is 89.7 Å². The van der Waals surface area contributed by atoms with E-state index in [1.165, 1.54) is 0 Å². The van der Waals surface area contributed by atoms with Gasteiger partial charge in [-0.05, 0) is 23.9 Å². The van der Waals surface area contributed by atoms with E-state index >= 15 is 0 Å². The fourth-order valence-corrected chi connectivity index (χ4v) is 1.84. The molecule has 1 aromatic carbocycles. The summed E-state index contributed by atoms with van der Waals surface area (Å²) in [5.74, 6) is 0. The van der Waals surface area contributed by atoms with E-state index in [1.807, 2.05) is 54.1 Å². The molecule has 0 spiro atoms. The Hall–Kier alpha value is -0.840. The molecule has 0 N–H and O–H groups in total. The van der Waals surface area contributed by atoms with Crippen molar-refractivity contribution in [2.45, 2.75) is 6.92 Å². The summed E-state index contributed by atoms with van der Waals surface area (Å²) < 4.78 is 1.58. The Morgan fingerprint density at radius 2 is 2.08 bits per heavy atom. The summed E-state index contributed by atoms with van der Waals surface area (Å²) in [7, 11) is 0. The third-order valence-electron chi connectivity index (χ3n) is 2.10. The highest BCUT2D eigenvalue weighted by Gasteiger charge is 2.02. The van der Waals surface area contributed by atoms with E-state index in [0.29, 0.717) is 0 Å². The van der Waals surface area contributed by atoms with E-state index in [2.05, 4.69) is 0 Å². The van der Waals surface area contributed by atoms with Crippen LogP contribution in [-0.4, -0.2) is 2.78 Å². The van der Waals surface area contributed by atoms with E-state index in [0.717, 1.165) is 16.3 Å². The summed E-state index contributed by atoms with van der Waals surface area (Å²) in [6.45, 7) is 1.96. The van der Waals surface area contributed by atoms with Gasteiger partial charge < -0.3 is 0 Å². The molecule has 0 unspecified atom stereocenters. The number of pyridine rings is 1. The van der Waals surface area contributed by atoms with E-state index in [4.69, 9.17) is 0 Å². The summed E-state index contributed by atoms with van der Waals surface area (Å²) in [6.07, 6.45) is 1.78. The van der Waals surface area contributed by atoms with Crippen LogP contribution in [0.25, 0.3) is 10.8 Å². The molecule has 0 radical (unpaired) electrons. The number of nitrogens with zero attached hydrogens (tertiary/aromatic N) is 1. The normalized spacial score (nSPS) is 10.6. The van der Waals surface area contributed by atoms with Crippen LogP contribution in [0.3, 0.4) is 0 Å². The Kier molecular flexibility index (Phi) is 2.11. The zero-order valence-electron chi connectivity index (χ0n) is 7.12. The largest absolute Gasteiger partial charge is 0.268 e. The second-order valence-electron chi connectivity index (χ2n) is 2.97. The highest BCUT2D eigenvalue weighted by Crippen LogP contribution is 2.13. The number of hydrogen-bond acceptors (Lipinski definition) is 1. The van der Waals surface area contributed by atoms with Gasteiger partial charge in [-0.1, -0.05) is 18.2 Å². The molecule has 66 valence electrons. The van der Waals surface area contributed by atoms with Gasteiger partial charge in [0.05, 0.1) is 28.3 Å². The number of benzene rings is 1. The quantitative estimate of drug-likeness (QED) is 0.682. The topological polar surface area (TPSA) is 22.0 Å². The molecule has 0 aliphatic carbocycles. The summed E-state index contributed by atoms with van der Waals surface area (Å²) in [4.78, 5) is 11.7. The monoisotopic (exact) mass is 285 g/mol. The molecule has 0 aliphatic heterocycles. The lowest BCUT2D eigenvalue weighted by atomic mass is 10.1. The van der Waals surface area contributed by atoms with Crippen LogP contribution in [0.5, 0.6) is 0 Å². The van der Waals surface area contributed by atoms with Crippen molar-refractivity contribution in [3.8, 4) is 0 Å². The van der Waals surface area contributed by atoms with Gasteiger partial charge in [0, 0.05) is 6.20 Å². The van der Waals surface area contributed by atoms with Gasteiger partial charge in [0.1, 0.15) is 0 Å². The van der Waals surface area contributed by atoms with Gasteiger partial charge in [-0.25, -0.2) is 0 Å². The molecule has 2 rings (SSSR count). The lowest BCUT2D eigenvalue weighted by Gasteiger charge is -2.01. The molecule has 1 heterocycles. The third kappa shape index (κ3) is 1.37. The standard InChI is InChI=1S/C10H8INO/c1-7-3-2-4-8-5-6-12(11)10(13)9(7)8/h2-6H,1H3. The maximum atomic E-state index is 11.7. The first-order valence-electron chi connectivity index (χ1n) is 3.97. The number of aromatic nitrogens is 1. The van der Waals surface area contributed by atoms with Crippen molar-refractivity contribution < 1.29 is 0 Å². The first-order valence-corrected chi connectivity index (χ1v) is 4.94. The van der Waals surface area contributed by atoms with Crippen LogP contribution < -0.4 is 5.56 Å². The third-order valence-corrected chi connectivity index (χ3v) is 2.86.